The average Bonchev–Trinajstić information content (AvgIpc) is 3.07. The number of hydrogen-bond acceptors (Lipinski definition) is 2. The van der Waals surface area contributed by atoms with E-state index in [4.69, 9.17) is 17.3 Å². The molecule has 1 aromatic carbocycles. The van der Waals surface area contributed by atoms with Gasteiger partial charge in [-0.2, -0.15) is 0 Å². The van der Waals surface area contributed by atoms with Crippen LogP contribution < -0.4 is 10.6 Å². The van der Waals surface area contributed by atoms with E-state index in [2.05, 4.69) is 30.0 Å². The molecule has 0 aromatic heterocycles. The van der Waals surface area contributed by atoms with Crippen LogP contribution in [0.3, 0.4) is 0 Å². The number of nitrogens with two attached hydrogens (primary N) is 1. The minimum Gasteiger partial charge on any atom is -0.368 e. The topological polar surface area (TPSA) is 29.3 Å². The Kier molecular flexibility index (Phi) is 3.72. The van der Waals surface area contributed by atoms with Crippen LogP contribution in [0.15, 0.2) is 18.2 Å². The maximum Gasteiger partial charge on any atom is 0.0642 e. The van der Waals surface area contributed by atoms with E-state index < -0.39 is 0 Å². The van der Waals surface area contributed by atoms with Gasteiger partial charge in [0.2, 0.25) is 0 Å². The van der Waals surface area contributed by atoms with Crippen molar-refractivity contribution in [3.63, 3.8) is 0 Å². The Morgan fingerprint density at radius 3 is 2.69 bits per heavy atom. The molecule has 1 aliphatic carbocycles. The summed E-state index contributed by atoms with van der Waals surface area (Å²) in [5.41, 5.74) is 7.94. The van der Waals surface area contributed by atoms with Gasteiger partial charge in [0.1, 0.15) is 0 Å². The van der Waals surface area contributed by atoms with Crippen molar-refractivity contribution in [2.45, 2.75) is 32.2 Å². The van der Waals surface area contributed by atoms with Crippen molar-refractivity contribution in [3.05, 3.63) is 28.8 Å². The van der Waals surface area contributed by atoms with Crippen LogP contribution in [0.5, 0.6) is 0 Å². The third-order valence-corrected chi connectivity index (χ3v) is 3.39. The highest BCUT2D eigenvalue weighted by Crippen LogP contribution is 2.35. The number of anilines is 1. The minimum atomic E-state index is 0.676. The van der Waals surface area contributed by atoms with Crippen LogP contribution in [-0.2, 0) is 6.42 Å². The largest absolute Gasteiger partial charge is 0.368 e. The van der Waals surface area contributed by atoms with Crippen LogP contribution in [0.2, 0.25) is 5.02 Å². The second kappa shape index (κ2) is 5.07. The van der Waals surface area contributed by atoms with Crippen molar-refractivity contribution in [1.29, 1.82) is 0 Å². The lowest BCUT2D eigenvalue weighted by Gasteiger charge is -2.24. The fourth-order valence-electron chi connectivity index (χ4n) is 2.12. The molecule has 2 nitrogen and oxygen atoms in total. The zero-order valence-electron chi connectivity index (χ0n) is 9.75. The molecule has 1 aromatic rings. The highest BCUT2D eigenvalue weighted by molar-refractivity contribution is 6.33. The first kappa shape index (κ1) is 11.7. The summed E-state index contributed by atoms with van der Waals surface area (Å²) in [6, 6.07) is 7.03. The summed E-state index contributed by atoms with van der Waals surface area (Å²) in [5, 5.41) is 0.861. The van der Waals surface area contributed by atoms with E-state index in [0.29, 0.717) is 12.6 Å². The van der Waals surface area contributed by atoms with Gasteiger partial charge in [-0.15, -0.1) is 0 Å². The van der Waals surface area contributed by atoms with Gasteiger partial charge in [-0.25, -0.2) is 0 Å². The van der Waals surface area contributed by atoms with Gasteiger partial charge in [0.25, 0.3) is 0 Å². The summed E-state index contributed by atoms with van der Waals surface area (Å²) >= 11 is 6.33. The molecule has 1 fully saturated rings. The summed E-state index contributed by atoms with van der Waals surface area (Å²) in [6.07, 6.45) is 3.50. The fraction of sp³-hybridized carbons (Fsp3) is 0.538. The summed E-state index contributed by atoms with van der Waals surface area (Å²) in [7, 11) is 0. The Labute approximate surface area is 102 Å². The summed E-state index contributed by atoms with van der Waals surface area (Å²) in [6.45, 7) is 3.89. The van der Waals surface area contributed by atoms with E-state index in [9.17, 15) is 0 Å². The van der Waals surface area contributed by atoms with E-state index in [0.717, 1.165) is 18.0 Å². The molecule has 16 heavy (non-hydrogen) atoms. The lowest BCUT2D eigenvalue weighted by molar-refractivity contribution is 0.825. The van der Waals surface area contributed by atoms with E-state index in [-0.39, 0.29) is 0 Å². The predicted octanol–water partition coefficient (Wildman–Crippen LogP) is 2.83. The van der Waals surface area contributed by atoms with E-state index in [1.54, 1.807) is 0 Å². The smallest absolute Gasteiger partial charge is 0.0642 e. The molecule has 0 unspecified atom stereocenters. The van der Waals surface area contributed by atoms with Crippen molar-refractivity contribution in [2.24, 2.45) is 5.73 Å². The molecule has 2 N–H and O–H groups in total. The number of hydrogen-bond donors (Lipinski definition) is 1. The molecule has 3 heteroatoms. The lowest BCUT2D eigenvalue weighted by atomic mass is 10.1. The highest BCUT2D eigenvalue weighted by Gasteiger charge is 2.29. The molecule has 0 saturated heterocycles. The molecule has 0 spiro atoms. The van der Waals surface area contributed by atoms with Crippen molar-refractivity contribution >= 4 is 17.3 Å². The Bertz CT molecular complexity index is 361. The van der Waals surface area contributed by atoms with Gasteiger partial charge in [-0.1, -0.05) is 17.7 Å². The maximum absolute atomic E-state index is 6.33. The average molecular weight is 239 g/mol. The van der Waals surface area contributed by atoms with E-state index in [1.807, 2.05) is 0 Å². The van der Waals surface area contributed by atoms with Gasteiger partial charge in [0.15, 0.2) is 0 Å². The summed E-state index contributed by atoms with van der Waals surface area (Å²) in [5.74, 6) is 0. The van der Waals surface area contributed by atoms with Crippen LogP contribution >= 0.6 is 11.6 Å². The van der Waals surface area contributed by atoms with Crippen molar-refractivity contribution in [3.8, 4) is 0 Å². The fourth-order valence-corrected chi connectivity index (χ4v) is 2.43. The Hall–Kier alpha value is -0.730. The van der Waals surface area contributed by atoms with Crippen LogP contribution in [-0.4, -0.2) is 19.1 Å². The van der Waals surface area contributed by atoms with E-state index >= 15 is 0 Å². The molecular weight excluding hydrogens is 220 g/mol. The number of rotatable bonds is 5. The number of halogens is 1. The van der Waals surface area contributed by atoms with Gasteiger partial charge in [-0.3, -0.25) is 0 Å². The normalized spacial score (nSPS) is 15.2. The van der Waals surface area contributed by atoms with Gasteiger partial charge < -0.3 is 10.6 Å². The number of benzene rings is 1. The zero-order valence-corrected chi connectivity index (χ0v) is 10.5. The van der Waals surface area contributed by atoms with Gasteiger partial charge in [0, 0.05) is 12.6 Å². The van der Waals surface area contributed by atoms with Crippen molar-refractivity contribution in [2.75, 3.05) is 18.0 Å². The predicted molar refractivity (Wildman–Crippen MR) is 70.3 cm³/mol. The lowest BCUT2D eigenvalue weighted by Crippen LogP contribution is -2.25. The van der Waals surface area contributed by atoms with Gasteiger partial charge >= 0.3 is 0 Å². The highest BCUT2D eigenvalue weighted by atomic mass is 35.5. The van der Waals surface area contributed by atoms with Crippen molar-refractivity contribution in [1.82, 2.24) is 0 Å². The van der Waals surface area contributed by atoms with Crippen LogP contribution in [0.25, 0.3) is 0 Å². The number of nitrogens with zero attached hydrogens (tertiary/aromatic N) is 1. The van der Waals surface area contributed by atoms with Crippen LogP contribution in [0.4, 0.5) is 5.69 Å². The van der Waals surface area contributed by atoms with Crippen LogP contribution in [0.1, 0.15) is 25.3 Å². The summed E-state index contributed by atoms with van der Waals surface area (Å²) < 4.78 is 0. The third kappa shape index (κ3) is 2.50. The van der Waals surface area contributed by atoms with Gasteiger partial charge in [-0.05, 0) is 50.4 Å². The molecule has 0 bridgehead atoms. The summed E-state index contributed by atoms with van der Waals surface area (Å²) in [4.78, 5) is 2.40. The Balaban J connectivity index is 2.20. The first-order chi connectivity index (χ1) is 7.76. The molecule has 2 rings (SSSR count). The Morgan fingerprint density at radius 1 is 1.44 bits per heavy atom. The zero-order chi connectivity index (χ0) is 11.5. The van der Waals surface area contributed by atoms with Gasteiger partial charge in [0.05, 0.1) is 10.7 Å². The molecule has 0 amide bonds. The second-order valence-corrected chi connectivity index (χ2v) is 4.75. The standard InChI is InChI=1S/C13H19ClN2/c1-2-16(11-4-5-11)13-6-3-10(7-8-15)9-12(13)14/h3,6,9,11H,2,4-5,7-8,15H2,1H3. The quantitative estimate of drug-likeness (QED) is 0.855. The molecular formula is C13H19ClN2. The van der Waals surface area contributed by atoms with Crippen LogP contribution in [0, 0.1) is 0 Å². The molecule has 1 aliphatic rings. The third-order valence-electron chi connectivity index (χ3n) is 3.08. The van der Waals surface area contributed by atoms with Crippen molar-refractivity contribution < 1.29 is 0 Å². The first-order valence-corrected chi connectivity index (χ1v) is 6.39. The molecule has 88 valence electrons. The second-order valence-electron chi connectivity index (χ2n) is 4.34. The monoisotopic (exact) mass is 238 g/mol. The Morgan fingerprint density at radius 2 is 2.19 bits per heavy atom. The SMILES string of the molecule is CCN(c1ccc(CCN)cc1Cl)C1CC1. The molecule has 0 heterocycles. The molecule has 0 radical (unpaired) electrons. The maximum atomic E-state index is 6.33. The molecule has 1 saturated carbocycles. The van der Waals surface area contributed by atoms with E-state index in [1.165, 1.54) is 24.1 Å². The molecule has 0 aliphatic heterocycles. The minimum absolute atomic E-state index is 0.676. The molecule has 0 atom stereocenters. The first-order valence-electron chi connectivity index (χ1n) is 6.01.